The molecule has 168 valence electrons. The van der Waals surface area contributed by atoms with Gasteiger partial charge in [0.05, 0.1) is 19.2 Å². The first kappa shape index (κ1) is 23.4. The maximum absolute atomic E-state index is 13.1. The molecule has 2 heterocycles. The van der Waals surface area contributed by atoms with Crippen LogP contribution in [0.4, 0.5) is 4.39 Å². The van der Waals surface area contributed by atoms with Gasteiger partial charge in [0.1, 0.15) is 10.0 Å². The van der Waals surface area contributed by atoms with Gasteiger partial charge in [-0.3, -0.25) is 4.79 Å². The second kappa shape index (κ2) is 9.46. The molecule has 1 aromatic heterocycles. The Hall–Kier alpha value is -2.30. The van der Waals surface area contributed by atoms with Crippen LogP contribution in [0.15, 0.2) is 28.5 Å². The molecule has 1 aliphatic rings. The van der Waals surface area contributed by atoms with Gasteiger partial charge in [-0.15, -0.1) is 11.3 Å². The predicted octanol–water partition coefficient (Wildman–Crippen LogP) is 3.08. The molecule has 0 aliphatic carbocycles. The molecule has 0 radical (unpaired) electrons. The van der Waals surface area contributed by atoms with E-state index in [1.165, 1.54) is 31.4 Å². The van der Waals surface area contributed by atoms with E-state index in [0.29, 0.717) is 35.4 Å². The minimum Gasteiger partial charge on any atom is -0.465 e. The topological polar surface area (TPSA) is 92.8 Å². The molecule has 0 saturated carbocycles. The van der Waals surface area contributed by atoms with Crippen molar-refractivity contribution in [2.75, 3.05) is 13.7 Å². The van der Waals surface area contributed by atoms with E-state index in [1.807, 2.05) is 13.8 Å². The smallest absolute Gasteiger partial charge is 0.340 e. The molecule has 1 aliphatic heterocycles. The van der Waals surface area contributed by atoms with Crippen LogP contribution in [0.5, 0.6) is 0 Å². The van der Waals surface area contributed by atoms with E-state index >= 15 is 0 Å². The summed E-state index contributed by atoms with van der Waals surface area (Å²) < 4.78 is 46.4. The summed E-state index contributed by atoms with van der Waals surface area (Å²) >= 11 is 0.985. The number of nitrogens with zero attached hydrogens (tertiary/aromatic N) is 1. The van der Waals surface area contributed by atoms with Gasteiger partial charge in [0.2, 0.25) is 5.91 Å². The Bertz CT molecular complexity index is 1080. The van der Waals surface area contributed by atoms with Crippen LogP contribution in [-0.2, 0) is 39.1 Å². The highest BCUT2D eigenvalue weighted by molar-refractivity contribution is 7.91. The van der Waals surface area contributed by atoms with E-state index in [1.54, 1.807) is 4.90 Å². The molecular formula is C21H25FN2O5S2. The summed E-state index contributed by atoms with van der Waals surface area (Å²) in [6.07, 6.45) is 1.10. The van der Waals surface area contributed by atoms with Gasteiger partial charge in [0.15, 0.2) is 0 Å². The molecule has 1 N–H and O–H groups in total. The maximum Gasteiger partial charge on any atom is 0.340 e. The third-order valence-corrected chi connectivity index (χ3v) is 8.52. The lowest BCUT2D eigenvalue weighted by molar-refractivity contribution is -0.135. The molecule has 10 heteroatoms. The lowest BCUT2D eigenvalue weighted by atomic mass is 10.0. The Morgan fingerprint density at radius 1 is 1.29 bits per heavy atom. The number of nitrogens with one attached hydrogen (secondary N) is 1. The fraction of sp³-hybridized carbons (Fsp3) is 0.429. The van der Waals surface area contributed by atoms with Crippen molar-refractivity contribution >= 4 is 33.2 Å². The zero-order valence-corrected chi connectivity index (χ0v) is 19.2. The Morgan fingerprint density at radius 3 is 2.58 bits per heavy atom. The number of sulfonamides is 1. The highest BCUT2D eigenvalue weighted by Crippen LogP contribution is 2.37. The number of methoxy groups -OCH3 is 1. The van der Waals surface area contributed by atoms with Gasteiger partial charge in [0.25, 0.3) is 10.0 Å². The molecule has 0 saturated heterocycles. The van der Waals surface area contributed by atoms with Crippen molar-refractivity contribution in [2.45, 2.75) is 44.0 Å². The monoisotopic (exact) mass is 468 g/mol. The minimum absolute atomic E-state index is 0.0139. The normalized spacial score (nSPS) is 14.8. The van der Waals surface area contributed by atoms with Gasteiger partial charge in [-0.25, -0.2) is 22.3 Å². The summed E-state index contributed by atoms with van der Waals surface area (Å²) in [5, 5.41) is 0. The van der Waals surface area contributed by atoms with Crippen LogP contribution in [0.25, 0.3) is 0 Å². The third kappa shape index (κ3) is 4.97. The van der Waals surface area contributed by atoms with Crippen LogP contribution in [0, 0.1) is 11.7 Å². The summed E-state index contributed by atoms with van der Waals surface area (Å²) in [5.41, 5.74) is 1.23. The number of hydrogen-bond acceptors (Lipinski definition) is 6. The summed E-state index contributed by atoms with van der Waals surface area (Å²) in [6.45, 7) is 4.43. The molecule has 31 heavy (non-hydrogen) atoms. The molecule has 1 aromatic carbocycles. The number of esters is 1. The number of thiophene rings is 1. The fourth-order valence-corrected chi connectivity index (χ4v) is 6.36. The van der Waals surface area contributed by atoms with Gasteiger partial charge in [0, 0.05) is 23.9 Å². The van der Waals surface area contributed by atoms with Crippen molar-refractivity contribution in [2.24, 2.45) is 5.92 Å². The molecular weight excluding hydrogens is 443 g/mol. The van der Waals surface area contributed by atoms with E-state index in [9.17, 15) is 22.4 Å². The SMILES string of the molecule is CCC(C)C(=O)N1CCc2c(sc(S(=O)(=O)NCc3ccc(F)cc3)c2C(=O)OC)C1. The largest absolute Gasteiger partial charge is 0.465 e. The van der Waals surface area contributed by atoms with Crippen molar-refractivity contribution < 1.29 is 27.1 Å². The highest BCUT2D eigenvalue weighted by Gasteiger charge is 2.35. The summed E-state index contributed by atoms with van der Waals surface area (Å²) in [4.78, 5) is 27.4. The number of carbonyl (C=O) groups excluding carboxylic acids is 2. The average molecular weight is 469 g/mol. The lowest BCUT2D eigenvalue weighted by Crippen LogP contribution is -2.38. The van der Waals surface area contributed by atoms with Crippen LogP contribution in [-0.4, -0.2) is 38.8 Å². The van der Waals surface area contributed by atoms with Crippen molar-refractivity contribution in [3.8, 4) is 0 Å². The number of amides is 1. The first-order valence-corrected chi connectivity index (χ1v) is 12.2. The van der Waals surface area contributed by atoms with Crippen molar-refractivity contribution in [1.29, 1.82) is 0 Å². The molecule has 1 amide bonds. The molecule has 0 spiro atoms. The van der Waals surface area contributed by atoms with Crippen LogP contribution >= 0.6 is 11.3 Å². The maximum atomic E-state index is 13.1. The van der Waals surface area contributed by atoms with E-state index in [4.69, 9.17) is 4.74 Å². The molecule has 3 rings (SSSR count). The lowest BCUT2D eigenvalue weighted by Gasteiger charge is -2.29. The van der Waals surface area contributed by atoms with Crippen LogP contribution in [0.1, 0.15) is 46.6 Å². The predicted molar refractivity (Wildman–Crippen MR) is 115 cm³/mol. The standard InChI is InChI=1S/C21H25FN2O5S2/c1-4-13(2)19(25)24-10-9-16-17(12-24)30-21(18(16)20(26)29-3)31(27,28)23-11-14-5-7-15(22)8-6-14/h5-8,13,23H,4,9-12H2,1-3H3. The summed E-state index contributed by atoms with van der Waals surface area (Å²) in [7, 11) is -2.83. The second-order valence-electron chi connectivity index (χ2n) is 7.43. The zero-order valence-electron chi connectivity index (χ0n) is 17.6. The zero-order chi connectivity index (χ0) is 22.8. The second-order valence-corrected chi connectivity index (χ2v) is 10.5. The summed E-state index contributed by atoms with van der Waals surface area (Å²) in [5.74, 6) is -1.24. The number of halogens is 1. The summed E-state index contributed by atoms with van der Waals surface area (Å²) in [6, 6.07) is 5.46. The Morgan fingerprint density at radius 2 is 1.97 bits per heavy atom. The van der Waals surface area contributed by atoms with E-state index in [0.717, 1.165) is 11.3 Å². The number of rotatable bonds is 7. The van der Waals surface area contributed by atoms with Crippen molar-refractivity contribution in [3.05, 3.63) is 51.7 Å². The molecule has 0 bridgehead atoms. The van der Waals surface area contributed by atoms with Crippen LogP contribution < -0.4 is 4.72 Å². The number of carbonyl (C=O) groups is 2. The van der Waals surface area contributed by atoms with Gasteiger partial charge >= 0.3 is 5.97 Å². The van der Waals surface area contributed by atoms with Gasteiger partial charge in [-0.05, 0) is 36.1 Å². The minimum atomic E-state index is -4.04. The molecule has 1 atom stereocenters. The quantitative estimate of drug-likeness (QED) is 0.631. The molecule has 7 nitrogen and oxygen atoms in total. The van der Waals surface area contributed by atoms with Crippen LogP contribution in [0.3, 0.4) is 0 Å². The Labute approximate surface area is 185 Å². The Kier molecular flexibility index (Phi) is 7.13. The van der Waals surface area contributed by atoms with Crippen molar-refractivity contribution in [3.63, 3.8) is 0 Å². The average Bonchev–Trinajstić information content (AvgIpc) is 3.17. The number of fused-ring (bicyclic) bond motifs is 1. The van der Waals surface area contributed by atoms with Crippen LogP contribution in [0.2, 0.25) is 0 Å². The number of benzene rings is 1. The van der Waals surface area contributed by atoms with E-state index in [-0.39, 0.29) is 34.7 Å². The molecule has 1 unspecified atom stereocenters. The van der Waals surface area contributed by atoms with E-state index < -0.39 is 21.8 Å². The van der Waals surface area contributed by atoms with Crippen molar-refractivity contribution in [1.82, 2.24) is 9.62 Å². The molecule has 2 aromatic rings. The van der Waals surface area contributed by atoms with E-state index in [2.05, 4.69) is 4.72 Å². The molecule has 0 fully saturated rings. The number of ether oxygens (including phenoxy) is 1. The first-order chi connectivity index (χ1) is 14.7. The van der Waals surface area contributed by atoms with Gasteiger partial charge in [-0.2, -0.15) is 0 Å². The Balaban J connectivity index is 1.91. The fourth-order valence-electron chi connectivity index (χ4n) is 3.40. The first-order valence-electron chi connectivity index (χ1n) is 9.93. The van der Waals surface area contributed by atoms with Gasteiger partial charge in [-0.1, -0.05) is 26.0 Å². The van der Waals surface area contributed by atoms with Gasteiger partial charge < -0.3 is 9.64 Å². The third-order valence-electron chi connectivity index (χ3n) is 5.38. The number of hydrogen-bond donors (Lipinski definition) is 1. The highest BCUT2D eigenvalue weighted by atomic mass is 32.2.